The molecule has 1 fully saturated rings. The maximum atomic E-state index is 12.7. The number of nitrogens with zero attached hydrogens (tertiary/aromatic N) is 1. The quantitative estimate of drug-likeness (QED) is 0.733. The maximum Gasteiger partial charge on any atom is 0.287 e. The van der Waals surface area contributed by atoms with E-state index < -0.39 is 6.04 Å². The van der Waals surface area contributed by atoms with Gasteiger partial charge in [-0.25, -0.2) is 0 Å². The molecule has 8 heteroatoms. The molecular formula is C22H22N2O5S. The number of carbonyl (C=O) groups excluding carboxylic acids is 3. The lowest BCUT2D eigenvalue weighted by molar-refractivity contribution is -0.112. The van der Waals surface area contributed by atoms with E-state index in [1.807, 2.05) is 49.4 Å². The minimum atomic E-state index is -0.476. The minimum Gasteiger partial charge on any atom is -0.492 e. The predicted octanol–water partition coefficient (Wildman–Crippen LogP) is 3.01. The van der Waals surface area contributed by atoms with Gasteiger partial charge in [-0.15, -0.1) is 0 Å². The number of ether oxygens (including phenoxy) is 2. The van der Waals surface area contributed by atoms with E-state index in [4.69, 9.17) is 9.47 Å². The van der Waals surface area contributed by atoms with Gasteiger partial charge in [-0.1, -0.05) is 25.1 Å². The Kier molecular flexibility index (Phi) is 5.94. The second kappa shape index (κ2) is 8.79. The van der Waals surface area contributed by atoms with Crippen LogP contribution in [0.1, 0.15) is 28.4 Å². The third-order valence-corrected chi connectivity index (χ3v) is 5.90. The van der Waals surface area contributed by atoms with Crippen LogP contribution in [-0.4, -0.2) is 47.1 Å². The third-order valence-electron chi connectivity index (χ3n) is 5.11. The van der Waals surface area contributed by atoms with Crippen molar-refractivity contribution >= 4 is 28.0 Å². The van der Waals surface area contributed by atoms with Crippen LogP contribution in [0.15, 0.2) is 42.5 Å². The summed E-state index contributed by atoms with van der Waals surface area (Å²) in [6.07, 6.45) is 1.32. The number of benzene rings is 2. The molecular weight excluding hydrogens is 404 g/mol. The predicted molar refractivity (Wildman–Crippen MR) is 113 cm³/mol. The van der Waals surface area contributed by atoms with Crippen molar-refractivity contribution in [1.29, 1.82) is 0 Å². The summed E-state index contributed by atoms with van der Waals surface area (Å²) in [5.74, 6) is 1.25. The summed E-state index contributed by atoms with van der Waals surface area (Å²) in [5, 5.41) is 2.20. The van der Waals surface area contributed by atoms with Crippen LogP contribution in [0.4, 0.5) is 4.79 Å². The fourth-order valence-electron chi connectivity index (χ4n) is 3.39. The standard InChI is InChI=1S/C22H22N2O5S/c1-2-14-5-8-19-17(11-14)20(25)24(13-29-19)9-10-28-16-6-3-15(4-7-16)12-18-21(26)30-22(27)23-18/h3-8,11,18H,2,9-10,12-13H2,1H3,(H,23,27). The van der Waals surface area contributed by atoms with E-state index in [0.29, 0.717) is 36.6 Å². The van der Waals surface area contributed by atoms with Gasteiger partial charge in [0.25, 0.3) is 11.1 Å². The van der Waals surface area contributed by atoms with Crippen LogP contribution in [0.5, 0.6) is 11.5 Å². The van der Waals surface area contributed by atoms with E-state index in [-0.39, 0.29) is 23.0 Å². The molecule has 2 amide bonds. The fourth-order valence-corrected chi connectivity index (χ4v) is 4.06. The molecule has 0 aromatic heterocycles. The van der Waals surface area contributed by atoms with Crippen LogP contribution >= 0.6 is 11.8 Å². The summed E-state index contributed by atoms with van der Waals surface area (Å²) in [4.78, 5) is 37.3. The first kappa shape index (κ1) is 20.3. The summed E-state index contributed by atoms with van der Waals surface area (Å²) in [6, 6.07) is 12.6. The normalized spacial score (nSPS) is 18.1. The molecule has 0 saturated carbocycles. The molecule has 2 aliphatic rings. The Morgan fingerprint density at radius 1 is 1.13 bits per heavy atom. The van der Waals surface area contributed by atoms with Crippen molar-refractivity contribution in [2.45, 2.75) is 25.8 Å². The molecule has 2 heterocycles. The van der Waals surface area contributed by atoms with E-state index >= 15 is 0 Å². The van der Waals surface area contributed by atoms with Crippen molar-refractivity contribution < 1.29 is 23.9 Å². The Hall–Kier alpha value is -3.00. The van der Waals surface area contributed by atoms with E-state index in [2.05, 4.69) is 5.32 Å². The largest absolute Gasteiger partial charge is 0.492 e. The highest BCUT2D eigenvalue weighted by Gasteiger charge is 2.31. The number of hydrogen-bond donors (Lipinski definition) is 1. The molecule has 0 radical (unpaired) electrons. The van der Waals surface area contributed by atoms with E-state index in [1.165, 1.54) is 0 Å². The van der Waals surface area contributed by atoms with Gasteiger partial charge >= 0.3 is 0 Å². The van der Waals surface area contributed by atoms with Gasteiger partial charge in [0.05, 0.1) is 12.1 Å². The zero-order valence-electron chi connectivity index (χ0n) is 16.6. The summed E-state index contributed by atoms with van der Waals surface area (Å²) < 4.78 is 11.5. The van der Waals surface area contributed by atoms with Crippen molar-refractivity contribution in [2.24, 2.45) is 0 Å². The monoisotopic (exact) mass is 426 g/mol. The van der Waals surface area contributed by atoms with E-state index in [1.54, 1.807) is 4.90 Å². The first-order valence-electron chi connectivity index (χ1n) is 9.82. The number of nitrogens with one attached hydrogen (secondary N) is 1. The summed E-state index contributed by atoms with van der Waals surface area (Å²) in [5.41, 5.74) is 2.63. The third kappa shape index (κ3) is 4.43. The summed E-state index contributed by atoms with van der Waals surface area (Å²) >= 11 is 0.717. The van der Waals surface area contributed by atoms with Gasteiger partial charge in [-0.3, -0.25) is 14.4 Å². The highest BCUT2D eigenvalue weighted by atomic mass is 32.2. The summed E-state index contributed by atoms with van der Waals surface area (Å²) in [7, 11) is 0. The average molecular weight is 426 g/mol. The maximum absolute atomic E-state index is 12.7. The zero-order chi connectivity index (χ0) is 21.1. The lowest BCUT2D eigenvalue weighted by atomic mass is 10.1. The number of hydrogen-bond acceptors (Lipinski definition) is 6. The first-order chi connectivity index (χ1) is 14.5. The Morgan fingerprint density at radius 2 is 1.90 bits per heavy atom. The molecule has 1 N–H and O–H groups in total. The highest BCUT2D eigenvalue weighted by Crippen LogP contribution is 2.26. The van der Waals surface area contributed by atoms with Crippen molar-refractivity contribution in [1.82, 2.24) is 10.2 Å². The van der Waals surface area contributed by atoms with Gasteiger partial charge in [0.2, 0.25) is 5.12 Å². The Balaban J connectivity index is 1.28. The Morgan fingerprint density at radius 3 is 2.60 bits per heavy atom. The van der Waals surface area contributed by atoms with Crippen molar-refractivity contribution in [3.8, 4) is 11.5 Å². The molecule has 0 bridgehead atoms. The SMILES string of the molecule is CCc1ccc2c(c1)C(=O)N(CCOc1ccc(CC3NC(=O)SC3=O)cc1)CO2. The molecule has 7 nitrogen and oxygen atoms in total. The molecule has 2 aromatic carbocycles. The average Bonchev–Trinajstić information content (AvgIpc) is 3.07. The molecule has 1 atom stereocenters. The van der Waals surface area contributed by atoms with Crippen LogP contribution in [0.3, 0.4) is 0 Å². The van der Waals surface area contributed by atoms with Gasteiger partial charge in [-0.2, -0.15) is 0 Å². The lowest BCUT2D eigenvalue weighted by Gasteiger charge is -2.29. The van der Waals surface area contributed by atoms with Crippen molar-refractivity contribution in [3.05, 3.63) is 59.2 Å². The number of carbonyl (C=O) groups is 3. The number of fused-ring (bicyclic) bond motifs is 1. The van der Waals surface area contributed by atoms with Gasteiger partial charge in [0.1, 0.15) is 24.1 Å². The second-order valence-corrected chi connectivity index (χ2v) is 8.11. The Labute approximate surface area is 178 Å². The topological polar surface area (TPSA) is 84.9 Å². The first-order valence-corrected chi connectivity index (χ1v) is 10.6. The molecule has 1 saturated heterocycles. The smallest absolute Gasteiger partial charge is 0.287 e. The second-order valence-electron chi connectivity index (χ2n) is 7.13. The molecule has 1 unspecified atom stereocenters. The van der Waals surface area contributed by atoms with Crippen LogP contribution in [-0.2, 0) is 17.6 Å². The minimum absolute atomic E-state index is 0.0494. The van der Waals surface area contributed by atoms with E-state index in [9.17, 15) is 14.4 Å². The highest BCUT2D eigenvalue weighted by molar-refractivity contribution is 8.26. The van der Waals surface area contributed by atoms with E-state index in [0.717, 1.165) is 29.3 Å². The number of aryl methyl sites for hydroxylation is 1. The molecule has 2 aliphatic heterocycles. The van der Waals surface area contributed by atoms with Gasteiger partial charge in [0.15, 0.2) is 6.73 Å². The number of thioether (sulfide) groups is 1. The van der Waals surface area contributed by atoms with Gasteiger partial charge in [-0.05, 0) is 41.8 Å². The molecule has 0 spiro atoms. The molecule has 0 aliphatic carbocycles. The lowest BCUT2D eigenvalue weighted by Crippen LogP contribution is -2.41. The fraction of sp³-hybridized carbons (Fsp3) is 0.318. The van der Waals surface area contributed by atoms with Crippen molar-refractivity contribution in [2.75, 3.05) is 19.9 Å². The molecule has 156 valence electrons. The van der Waals surface area contributed by atoms with Crippen LogP contribution < -0.4 is 14.8 Å². The van der Waals surface area contributed by atoms with Crippen molar-refractivity contribution in [3.63, 3.8) is 0 Å². The van der Waals surface area contributed by atoms with Gasteiger partial charge < -0.3 is 19.7 Å². The Bertz CT molecular complexity index is 976. The number of rotatable bonds is 7. The van der Waals surface area contributed by atoms with Gasteiger partial charge in [0, 0.05) is 18.2 Å². The van der Waals surface area contributed by atoms with Crippen LogP contribution in [0.2, 0.25) is 0 Å². The summed E-state index contributed by atoms with van der Waals surface area (Å²) in [6.45, 7) is 3.01. The zero-order valence-corrected chi connectivity index (χ0v) is 17.4. The molecule has 30 heavy (non-hydrogen) atoms. The molecule has 2 aromatic rings. The van der Waals surface area contributed by atoms with Crippen LogP contribution in [0, 0.1) is 0 Å². The van der Waals surface area contributed by atoms with Crippen LogP contribution in [0.25, 0.3) is 0 Å². The number of amides is 2. The molecule has 4 rings (SSSR count).